The normalized spacial score (nSPS) is 15.6. The van der Waals surface area contributed by atoms with E-state index >= 15 is 0 Å². The van der Waals surface area contributed by atoms with E-state index in [1.165, 1.54) is 45.5 Å². The van der Waals surface area contributed by atoms with Crippen LogP contribution in [0, 0.1) is 0 Å². The van der Waals surface area contributed by atoms with Crippen molar-refractivity contribution in [3.63, 3.8) is 0 Å². The number of ether oxygens (including phenoxy) is 1. The fourth-order valence-corrected chi connectivity index (χ4v) is 4.03. The molecule has 5 rings (SSSR count). The molecule has 27 heavy (non-hydrogen) atoms. The fourth-order valence-electron chi connectivity index (χ4n) is 3.52. The second-order valence-corrected chi connectivity index (χ2v) is 8.28. The molecule has 0 N–H and O–H groups in total. The van der Waals surface area contributed by atoms with Gasteiger partial charge in [0.25, 0.3) is 0 Å². The van der Waals surface area contributed by atoms with Gasteiger partial charge in [-0.2, -0.15) is 0 Å². The summed E-state index contributed by atoms with van der Waals surface area (Å²) in [5, 5.41) is 5.46. The number of fused-ring (bicyclic) bond motifs is 3. The summed E-state index contributed by atoms with van der Waals surface area (Å²) in [5.74, 6) is 0. The predicted molar refractivity (Wildman–Crippen MR) is 104 cm³/mol. The molecule has 1 saturated heterocycles. The summed E-state index contributed by atoms with van der Waals surface area (Å²) >= 11 is 1.61. The molecule has 2 aliphatic rings. The summed E-state index contributed by atoms with van der Waals surface area (Å²) in [6, 6.07) is 17.6. The minimum absolute atomic E-state index is 0. The Morgan fingerprint density at radius 1 is 0.889 bits per heavy atom. The van der Waals surface area contributed by atoms with Gasteiger partial charge >= 0.3 is 58.2 Å². The zero-order valence-electron chi connectivity index (χ0n) is 15.1. The molecule has 1 aliphatic heterocycles. The van der Waals surface area contributed by atoms with E-state index in [1.54, 1.807) is 27.4 Å². The zero-order valence-corrected chi connectivity index (χ0v) is 19.0. The van der Waals surface area contributed by atoms with Crippen LogP contribution < -0.4 is 24.8 Å². The molecule has 1 aliphatic carbocycles. The first kappa shape index (κ1) is 22.4. The van der Waals surface area contributed by atoms with E-state index in [0.717, 1.165) is 19.6 Å². The molecule has 4 heteroatoms. The van der Waals surface area contributed by atoms with E-state index in [1.807, 2.05) is 0 Å². The van der Waals surface area contributed by atoms with Crippen molar-refractivity contribution >= 4 is 30.3 Å². The van der Waals surface area contributed by atoms with Crippen molar-refractivity contribution in [3.05, 3.63) is 72.3 Å². The van der Waals surface area contributed by atoms with Crippen LogP contribution >= 0.6 is 0 Å². The number of halogens is 2. The van der Waals surface area contributed by atoms with E-state index in [-0.39, 0.29) is 24.8 Å². The van der Waals surface area contributed by atoms with Crippen LogP contribution in [-0.2, 0) is 29.0 Å². The number of benzene rings is 2. The van der Waals surface area contributed by atoms with E-state index in [9.17, 15) is 0 Å². The molecule has 1 heterocycles. The van der Waals surface area contributed by atoms with Gasteiger partial charge in [-0.05, 0) is 6.42 Å². The summed E-state index contributed by atoms with van der Waals surface area (Å²) < 4.78 is 6.81. The number of rotatable bonds is 1. The molecule has 1 nitrogen and oxygen atoms in total. The molecule has 0 spiro atoms. The van der Waals surface area contributed by atoms with Crippen LogP contribution in [0.3, 0.4) is 0 Å². The Morgan fingerprint density at radius 2 is 1.63 bits per heavy atom. The van der Waals surface area contributed by atoms with Crippen molar-refractivity contribution in [1.82, 2.24) is 0 Å². The zero-order chi connectivity index (χ0) is 17.1. The molecule has 138 valence electrons. The Kier molecular flexibility index (Phi) is 8.77. The van der Waals surface area contributed by atoms with Crippen LogP contribution in [0.15, 0.2) is 66.8 Å². The minimum atomic E-state index is 0. The van der Waals surface area contributed by atoms with Crippen molar-refractivity contribution in [2.45, 2.75) is 19.3 Å². The summed E-state index contributed by atoms with van der Waals surface area (Å²) in [6.07, 6.45) is 10.1. The van der Waals surface area contributed by atoms with Gasteiger partial charge in [0.2, 0.25) is 0 Å². The third-order valence-corrected chi connectivity index (χ3v) is 6.10. The first-order chi connectivity index (χ1) is 12.3. The van der Waals surface area contributed by atoms with Crippen molar-refractivity contribution in [2.75, 3.05) is 13.2 Å². The average molecular weight is 476 g/mol. The maximum absolute atomic E-state index is 5.13. The van der Waals surface area contributed by atoms with Gasteiger partial charge in [0, 0.05) is 0 Å². The maximum atomic E-state index is 5.13. The molecule has 0 aromatic heterocycles. The van der Waals surface area contributed by atoms with Crippen LogP contribution in [0.4, 0.5) is 0 Å². The SMILES string of the molecule is C1=CCC(c2cccc3c2[cH-]c2ccccc23)=C1.[Cl-].[Cl-].[Zr+2]=[C]1CCOCC1. The third kappa shape index (κ3) is 5.12. The predicted octanol–water partition coefficient (Wildman–Crippen LogP) is -0.421. The second kappa shape index (κ2) is 10.6. The van der Waals surface area contributed by atoms with Gasteiger partial charge in [-0.25, -0.2) is 0 Å². The molecule has 0 atom stereocenters. The van der Waals surface area contributed by atoms with Gasteiger partial charge in [0.1, 0.15) is 0 Å². The summed E-state index contributed by atoms with van der Waals surface area (Å²) in [5.41, 5.74) is 2.81. The Morgan fingerprint density at radius 3 is 2.30 bits per heavy atom. The van der Waals surface area contributed by atoms with Gasteiger partial charge in [-0.3, -0.25) is 0 Å². The van der Waals surface area contributed by atoms with E-state index in [2.05, 4.69) is 66.8 Å². The molecule has 0 amide bonds. The topological polar surface area (TPSA) is 9.23 Å². The number of allylic oxidation sites excluding steroid dienone is 4. The number of hydrogen-bond acceptors (Lipinski definition) is 1. The number of hydrogen-bond donors (Lipinski definition) is 0. The van der Waals surface area contributed by atoms with E-state index in [4.69, 9.17) is 4.74 Å². The van der Waals surface area contributed by atoms with Crippen LogP contribution in [0.1, 0.15) is 24.8 Å². The van der Waals surface area contributed by atoms with Crippen LogP contribution in [0.2, 0.25) is 0 Å². The molecule has 1 fully saturated rings. The first-order valence-corrected chi connectivity index (χ1v) is 10.1. The molecule has 0 unspecified atom stereocenters. The average Bonchev–Trinajstić information content (AvgIpc) is 3.30. The molecule has 0 bridgehead atoms. The molecular weight excluding hydrogens is 454 g/mol. The van der Waals surface area contributed by atoms with Gasteiger partial charge in [0.05, 0.1) is 0 Å². The van der Waals surface area contributed by atoms with Gasteiger partial charge < -0.3 is 24.8 Å². The molecule has 0 radical (unpaired) electrons. The third-order valence-electron chi connectivity index (χ3n) is 4.87. The van der Waals surface area contributed by atoms with Crippen molar-refractivity contribution in [3.8, 4) is 0 Å². The molecule has 3 aromatic carbocycles. The van der Waals surface area contributed by atoms with Gasteiger partial charge in [0.15, 0.2) is 0 Å². The fraction of sp³-hybridized carbons (Fsp3) is 0.217. The van der Waals surface area contributed by atoms with Crippen LogP contribution in [0.5, 0.6) is 0 Å². The van der Waals surface area contributed by atoms with Crippen LogP contribution in [0.25, 0.3) is 27.1 Å². The van der Waals surface area contributed by atoms with Crippen molar-refractivity contribution in [1.29, 1.82) is 0 Å². The Labute approximate surface area is 188 Å². The monoisotopic (exact) mass is 473 g/mol. The molecular formula is C23H21Cl2OZr-. The van der Waals surface area contributed by atoms with Gasteiger partial charge in [-0.15, -0.1) is 33.7 Å². The standard InChI is InChI=1S/C18H13.C5H8O.2ClH.Zr/c1-2-7-13(6-1)15-10-5-11-17-16-9-4-3-8-14(16)12-18(15)17;1-2-4-6-5-3-1;;;/h1-6,8-12H,7H2;2-5H2;2*1H;/q-1;;;;+2/p-2. The summed E-state index contributed by atoms with van der Waals surface area (Å²) in [4.78, 5) is 0. The quantitative estimate of drug-likeness (QED) is 0.435. The Balaban J connectivity index is 0.000000250. The van der Waals surface area contributed by atoms with Crippen LogP contribution in [-0.4, -0.2) is 16.4 Å². The second-order valence-electron chi connectivity index (χ2n) is 6.54. The Bertz CT molecular complexity index is 976. The van der Waals surface area contributed by atoms with Crippen molar-refractivity contribution in [2.24, 2.45) is 0 Å². The van der Waals surface area contributed by atoms with Crippen molar-refractivity contribution < 1.29 is 53.8 Å². The van der Waals surface area contributed by atoms with E-state index < -0.39 is 0 Å². The molecule has 0 saturated carbocycles. The Hall–Kier alpha value is -0.917. The first-order valence-electron chi connectivity index (χ1n) is 8.90. The summed E-state index contributed by atoms with van der Waals surface area (Å²) in [6.45, 7) is 1.95. The van der Waals surface area contributed by atoms with Gasteiger partial charge in [-0.1, -0.05) is 65.8 Å². The van der Waals surface area contributed by atoms with E-state index in [0.29, 0.717) is 0 Å². The molecule has 3 aromatic rings. The summed E-state index contributed by atoms with van der Waals surface area (Å²) in [7, 11) is 0.